The maximum atomic E-state index is 14.3. The van der Waals surface area contributed by atoms with Crippen molar-refractivity contribution >= 4 is 26.3 Å². The number of alkyl halides is 1. The van der Waals surface area contributed by atoms with Crippen LogP contribution in [0.3, 0.4) is 0 Å². The third-order valence-corrected chi connectivity index (χ3v) is 8.77. The largest absolute Gasteiger partial charge is 0.315 e. The molecule has 2 heterocycles. The van der Waals surface area contributed by atoms with Crippen molar-refractivity contribution in [3.63, 3.8) is 0 Å². The molecule has 0 spiro atoms. The molecule has 2 N–H and O–H groups in total. The van der Waals surface area contributed by atoms with Crippen LogP contribution in [0.1, 0.15) is 58.9 Å². The molecule has 32 heavy (non-hydrogen) atoms. The number of fused-ring (bicyclic) bond motifs is 1. The first-order valence-corrected chi connectivity index (χ1v) is 12.9. The van der Waals surface area contributed by atoms with Gasteiger partial charge in [0.15, 0.2) is 0 Å². The van der Waals surface area contributed by atoms with Gasteiger partial charge in [-0.2, -0.15) is 5.10 Å². The number of rotatable bonds is 9. The van der Waals surface area contributed by atoms with Crippen LogP contribution in [0.4, 0.5) is 4.39 Å². The van der Waals surface area contributed by atoms with Crippen LogP contribution in [0.25, 0.3) is 12.3 Å². The van der Waals surface area contributed by atoms with Gasteiger partial charge < -0.3 is 10.6 Å². The van der Waals surface area contributed by atoms with Gasteiger partial charge in [-0.3, -0.25) is 0 Å². The number of halogens is 1. The normalized spacial score (nSPS) is 25.5. The minimum absolute atomic E-state index is 0.0316. The van der Waals surface area contributed by atoms with Gasteiger partial charge in [0.25, 0.3) is 0 Å². The van der Waals surface area contributed by atoms with E-state index < -0.39 is 6.17 Å². The molecule has 0 amide bonds. The van der Waals surface area contributed by atoms with Gasteiger partial charge in [0, 0.05) is 35.5 Å². The van der Waals surface area contributed by atoms with E-state index in [4.69, 9.17) is 0 Å². The molecule has 0 saturated heterocycles. The smallest absolute Gasteiger partial charge is 0.104 e. The minimum Gasteiger partial charge on any atom is -0.315 e. The molecule has 3 rings (SSSR count). The Hall–Kier alpha value is -1.55. The maximum absolute atomic E-state index is 14.3. The fourth-order valence-electron chi connectivity index (χ4n) is 4.32. The standard InChI is InChI=1S/C26H40FN4P/c1-7-21-16-30-31-17-20(9-11-24(19(3)27)32-25(21)31)15-29-23-14-18(2)8-10-22(23)12-13-26(4,5)28-6/h7-8,10,14,16-17,19,22-24,28-29,32H,1,9,11-13,15H2,2-6H3. The molecule has 1 aliphatic carbocycles. The summed E-state index contributed by atoms with van der Waals surface area (Å²) in [6.45, 7) is 13.1. The monoisotopic (exact) mass is 458 g/mol. The molecular formula is C26H40FN4P. The van der Waals surface area contributed by atoms with Crippen molar-refractivity contribution in [2.45, 2.75) is 76.8 Å². The van der Waals surface area contributed by atoms with Gasteiger partial charge in [-0.25, -0.2) is 9.07 Å². The number of hydrogen-bond donors (Lipinski definition) is 2. The quantitative estimate of drug-likeness (QED) is 0.509. The zero-order valence-electron chi connectivity index (χ0n) is 20.3. The predicted octanol–water partition coefficient (Wildman–Crippen LogP) is 5.06. The third kappa shape index (κ3) is 6.50. The van der Waals surface area contributed by atoms with Gasteiger partial charge in [-0.15, -0.1) is 0 Å². The molecule has 0 saturated carbocycles. The molecule has 0 fully saturated rings. The zero-order valence-corrected chi connectivity index (χ0v) is 21.3. The van der Waals surface area contributed by atoms with Gasteiger partial charge >= 0.3 is 0 Å². The number of nitrogens with one attached hydrogen (secondary N) is 2. The molecule has 1 aromatic heterocycles. The van der Waals surface area contributed by atoms with Crippen molar-refractivity contribution in [3.05, 3.63) is 47.7 Å². The lowest BCUT2D eigenvalue weighted by Gasteiger charge is -2.31. The Bertz CT molecular complexity index is 880. The summed E-state index contributed by atoms with van der Waals surface area (Å²) in [4.78, 5) is 0. The SMILES string of the molecule is C=Cc1cnn2c1PC(C(C)F)CCC(CNC1C=C(C)C=CC1CCC(C)(C)NC)=C2. The molecule has 0 bridgehead atoms. The predicted molar refractivity (Wildman–Crippen MR) is 139 cm³/mol. The summed E-state index contributed by atoms with van der Waals surface area (Å²) in [7, 11) is 2.44. The molecule has 0 aromatic carbocycles. The highest BCUT2D eigenvalue weighted by Gasteiger charge is 2.26. The summed E-state index contributed by atoms with van der Waals surface area (Å²) < 4.78 is 16.3. The van der Waals surface area contributed by atoms with Crippen LogP contribution in [0, 0.1) is 5.92 Å². The van der Waals surface area contributed by atoms with Gasteiger partial charge in [0.05, 0.1) is 11.6 Å². The van der Waals surface area contributed by atoms with E-state index in [1.165, 1.54) is 11.1 Å². The van der Waals surface area contributed by atoms with Gasteiger partial charge in [0.2, 0.25) is 0 Å². The Morgan fingerprint density at radius 2 is 2.22 bits per heavy atom. The summed E-state index contributed by atoms with van der Waals surface area (Å²) in [5, 5.41) is 11.8. The molecule has 0 radical (unpaired) electrons. The average Bonchev–Trinajstić information content (AvgIpc) is 3.11. The molecular weight excluding hydrogens is 418 g/mol. The van der Waals surface area contributed by atoms with E-state index in [9.17, 15) is 4.39 Å². The molecule has 5 atom stereocenters. The van der Waals surface area contributed by atoms with E-state index in [0.29, 0.717) is 20.5 Å². The Kier molecular flexibility index (Phi) is 8.66. The lowest BCUT2D eigenvalue weighted by Crippen LogP contribution is -2.40. The Labute approximate surface area is 195 Å². The third-order valence-electron chi connectivity index (χ3n) is 6.86. The molecule has 5 unspecified atom stereocenters. The summed E-state index contributed by atoms with van der Waals surface area (Å²) >= 11 is 0. The number of aromatic nitrogens is 2. The van der Waals surface area contributed by atoms with E-state index >= 15 is 0 Å². The lowest BCUT2D eigenvalue weighted by atomic mass is 9.84. The van der Waals surface area contributed by atoms with Crippen LogP contribution in [0.2, 0.25) is 0 Å². The molecule has 1 aliphatic heterocycles. The highest BCUT2D eigenvalue weighted by molar-refractivity contribution is 7.48. The van der Waals surface area contributed by atoms with E-state index in [0.717, 1.165) is 43.2 Å². The van der Waals surface area contributed by atoms with E-state index in [1.807, 2.05) is 24.0 Å². The van der Waals surface area contributed by atoms with Crippen LogP contribution in [0.5, 0.6) is 0 Å². The highest BCUT2D eigenvalue weighted by atomic mass is 31.1. The fraction of sp³-hybridized carbons (Fsp3) is 0.577. The molecule has 4 nitrogen and oxygen atoms in total. The van der Waals surface area contributed by atoms with Crippen LogP contribution in [-0.2, 0) is 0 Å². The van der Waals surface area contributed by atoms with Crippen molar-refractivity contribution in [2.24, 2.45) is 5.92 Å². The van der Waals surface area contributed by atoms with Crippen molar-refractivity contribution in [3.8, 4) is 0 Å². The van der Waals surface area contributed by atoms with Gasteiger partial charge in [-0.1, -0.05) is 45.0 Å². The van der Waals surface area contributed by atoms with Crippen molar-refractivity contribution in [2.75, 3.05) is 13.6 Å². The first kappa shape index (κ1) is 25.1. The summed E-state index contributed by atoms with van der Waals surface area (Å²) in [5.41, 5.74) is 4.85. The van der Waals surface area contributed by atoms with Gasteiger partial charge in [-0.05, 0) is 71.9 Å². The summed E-state index contributed by atoms with van der Waals surface area (Å²) in [5.74, 6) is 0.466. The average molecular weight is 459 g/mol. The van der Waals surface area contributed by atoms with Crippen LogP contribution in [-0.4, -0.2) is 46.8 Å². The van der Waals surface area contributed by atoms with E-state index in [-0.39, 0.29) is 11.2 Å². The molecule has 176 valence electrons. The molecule has 1 aromatic rings. The number of allylic oxidation sites excluding steroid dienone is 2. The number of hydrogen-bond acceptors (Lipinski definition) is 3. The summed E-state index contributed by atoms with van der Waals surface area (Å²) in [6.07, 6.45) is 16.0. The highest BCUT2D eigenvalue weighted by Crippen LogP contribution is 2.32. The Balaban J connectivity index is 1.74. The molecule has 2 aliphatic rings. The van der Waals surface area contributed by atoms with Crippen LogP contribution < -0.4 is 16.1 Å². The minimum atomic E-state index is -0.823. The van der Waals surface area contributed by atoms with E-state index in [1.54, 1.807) is 6.92 Å². The Morgan fingerprint density at radius 1 is 1.44 bits per heavy atom. The van der Waals surface area contributed by atoms with Gasteiger partial charge in [0.1, 0.15) is 6.17 Å². The second-order valence-corrected chi connectivity index (χ2v) is 11.4. The lowest BCUT2D eigenvalue weighted by molar-refractivity contribution is 0.335. The second-order valence-electron chi connectivity index (χ2n) is 9.86. The first-order valence-electron chi connectivity index (χ1n) is 11.8. The molecule has 6 heteroatoms. The zero-order chi connectivity index (χ0) is 23.3. The second kappa shape index (κ2) is 11.0. The topological polar surface area (TPSA) is 41.9 Å². The van der Waals surface area contributed by atoms with Crippen molar-refractivity contribution in [1.82, 2.24) is 20.4 Å². The summed E-state index contributed by atoms with van der Waals surface area (Å²) in [6, 6.07) is 0.303. The Morgan fingerprint density at radius 3 is 2.91 bits per heavy atom. The van der Waals surface area contributed by atoms with Crippen molar-refractivity contribution in [1.29, 1.82) is 0 Å². The number of nitrogens with zero attached hydrogens (tertiary/aromatic N) is 2. The first-order chi connectivity index (χ1) is 15.2. The van der Waals surface area contributed by atoms with E-state index in [2.05, 4.69) is 67.5 Å². The maximum Gasteiger partial charge on any atom is 0.104 e. The van der Waals surface area contributed by atoms with Crippen molar-refractivity contribution < 1.29 is 4.39 Å². The fourth-order valence-corrected chi connectivity index (χ4v) is 5.78. The van der Waals surface area contributed by atoms with Crippen LogP contribution >= 0.6 is 8.58 Å². The van der Waals surface area contributed by atoms with Crippen LogP contribution in [0.15, 0.2) is 42.2 Å².